The molecule has 3 aromatic rings. The summed E-state index contributed by atoms with van der Waals surface area (Å²) in [6, 6.07) is 24.0. The smallest absolute Gasteiger partial charge is 0.0130 e. The van der Waals surface area contributed by atoms with E-state index in [4.69, 9.17) is 0 Å². The number of rotatable bonds is 2. The van der Waals surface area contributed by atoms with E-state index in [0.29, 0.717) is 0 Å². The molecule has 0 nitrogen and oxygen atoms in total. The summed E-state index contributed by atoms with van der Waals surface area (Å²) in [6.07, 6.45) is 0. The summed E-state index contributed by atoms with van der Waals surface area (Å²) < 4.78 is 2.53. The maximum Gasteiger partial charge on any atom is 0.0130 e. The maximum atomic E-state index is 2.34. The van der Waals surface area contributed by atoms with Crippen LogP contribution < -0.4 is 0 Å². The average molecular weight is 496 g/mol. The summed E-state index contributed by atoms with van der Waals surface area (Å²) in [5, 5.41) is 0. The van der Waals surface area contributed by atoms with Crippen molar-refractivity contribution in [2.45, 2.75) is 6.92 Å². The first-order valence-corrected chi connectivity index (χ1v) is 8.92. The maximum absolute atomic E-state index is 2.34. The van der Waals surface area contributed by atoms with Gasteiger partial charge in [-0.25, -0.2) is 0 Å². The molecule has 0 saturated heterocycles. The molecule has 0 heterocycles. The Morgan fingerprint density at radius 3 is 1.33 bits per heavy atom. The molecule has 3 aromatic carbocycles. The molecule has 0 spiro atoms. The number of hydrogen-bond donors (Lipinski definition) is 0. The van der Waals surface area contributed by atoms with E-state index in [-0.39, 0.29) is 0 Å². The van der Waals surface area contributed by atoms with Gasteiger partial charge in [0, 0.05) is 7.14 Å². The Balaban J connectivity index is 2.10. The molecule has 104 valence electrons. The normalized spacial score (nSPS) is 10.6. The summed E-state index contributed by atoms with van der Waals surface area (Å²) in [6.45, 7) is 2.21. The van der Waals surface area contributed by atoms with Gasteiger partial charge < -0.3 is 0 Å². The molecule has 0 amide bonds. The van der Waals surface area contributed by atoms with Crippen molar-refractivity contribution in [3.05, 3.63) is 79.4 Å². The lowest BCUT2D eigenvalue weighted by Gasteiger charge is -2.12. The number of hydrogen-bond acceptors (Lipinski definition) is 0. The zero-order chi connectivity index (χ0) is 14.8. The van der Waals surface area contributed by atoms with E-state index in [1.165, 1.54) is 35.0 Å². The van der Waals surface area contributed by atoms with E-state index in [1.807, 2.05) is 0 Å². The molecule has 0 aliphatic carbocycles. The predicted octanol–water partition coefficient (Wildman–Crippen LogP) is 6.54. The number of benzene rings is 3. The summed E-state index contributed by atoms with van der Waals surface area (Å²) in [4.78, 5) is 0. The van der Waals surface area contributed by atoms with Crippen LogP contribution in [0.15, 0.2) is 66.7 Å². The van der Waals surface area contributed by atoms with Crippen molar-refractivity contribution >= 4 is 45.2 Å². The molecule has 0 atom stereocenters. The van der Waals surface area contributed by atoms with E-state index in [1.54, 1.807) is 0 Å². The highest BCUT2D eigenvalue weighted by molar-refractivity contribution is 14.1. The third-order valence-electron chi connectivity index (χ3n) is 3.64. The summed E-state index contributed by atoms with van der Waals surface area (Å²) in [7, 11) is 0. The minimum Gasteiger partial charge on any atom is -0.0610 e. The molecule has 21 heavy (non-hydrogen) atoms. The van der Waals surface area contributed by atoms with Crippen molar-refractivity contribution in [3.8, 4) is 22.3 Å². The van der Waals surface area contributed by atoms with Gasteiger partial charge in [0.2, 0.25) is 0 Å². The second kappa shape index (κ2) is 6.48. The highest BCUT2D eigenvalue weighted by Crippen LogP contribution is 2.32. The van der Waals surface area contributed by atoms with Crippen LogP contribution in [0.3, 0.4) is 0 Å². The Bertz CT molecular complexity index is 693. The molecule has 0 N–H and O–H groups in total. The van der Waals surface area contributed by atoms with Gasteiger partial charge in [0.1, 0.15) is 0 Å². The topological polar surface area (TPSA) is 0 Å². The molecule has 0 aliphatic heterocycles. The summed E-state index contributed by atoms with van der Waals surface area (Å²) in [5.41, 5.74) is 6.50. The lowest BCUT2D eigenvalue weighted by Crippen LogP contribution is -1.88. The van der Waals surface area contributed by atoms with Gasteiger partial charge in [-0.2, -0.15) is 0 Å². The lowest BCUT2D eigenvalue weighted by atomic mass is 9.93. The van der Waals surface area contributed by atoms with Gasteiger partial charge >= 0.3 is 0 Å². The third kappa shape index (κ3) is 3.31. The molecule has 0 fully saturated rings. The molecule has 0 aromatic heterocycles. The van der Waals surface area contributed by atoms with Crippen molar-refractivity contribution in [2.75, 3.05) is 0 Å². The monoisotopic (exact) mass is 496 g/mol. The Morgan fingerprint density at radius 1 is 0.571 bits per heavy atom. The summed E-state index contributed by atoms with van der Waals surface area (Å²) in [5.74, 6) is 0. The second-order valence-electron chi connectivity index (χ2n) is 4.99. The van der Waals surface area contributed by atoms with Crippen LogP contribution in [-0.4, -0.2) is 0 Å². The van der Waals surface area contributed by atoms with Crippen molar-refractivity contribution in [1.82, 2.24) is 0 Å². The molecule has 2 heteroatoms. The van der Waals surface area contributed by atoms with Gasteiger partial charge in [0.05, 0.1) is 0 Å². The van der Waals surface area contributed by atoms with Gasteiger partial charge in [-0.3, -0.25) is 0 Å². The van der Waals surface area contributed by atoms with Crippen LogP contribution in [-0.2, 0) is 0 Å². The van der Waals surface area contributed by atoms with Crippen LogP contribution in [0.5, 0.6) is 0 Å². The van der Waals surface area contributed by atoms with Gasteiger partial charge in [0.15, 0.2) is 0 Å². The Kier molecular flexibility index (Phi) is 4.64. The first-order valence-electron chi connectivity index (χ1n) is 6.76. The average Bonchev–Trinajstić information content (AvgIpc) is 2.50. The lowest BCUT2D eigenvalue weighted by molar-refractivity contribution is 1.44. The Morgan fingerprint density at radius 2 is 0.952 bits per heavy atom. The summed E-state index contributed by atoms with van der Waals surface area (Å²) >= 11 is 4.69. The number of halogens is 2. The standard InChI is InChI=1S/C19H14I2/c1-13-18(14-5-9-16(20)10-6-14)3-2-4-19(13)15-7-11-17(21)12-8-15/h2-12H,1H3. The molecule has 0 saturated carbocycles. The van der Waals surface area contributed by atoms with Crippen molar-refractivity contribution in [3.63, 3.8) is 0 Å². The van der Waals surface area contributed by atoms with Gasteiger partial charge in [-0.05, 0) is 104 Å². The van der Waals surface area contributed by atoms with Crippen molar-refractivity contribution < 1.29 is 0 Å². The SMILES string of the molecule is Cc1c(-c2ccc(I)cc2)cccc1-c1ccc(I)cc1. The first-order chi connectivity index (χ1) is 10.1. The van der Waals surface area contributed by atoms with Gasteiger partial charge in [-0.15, -0.1) is 0 Å². The molecule has 0 bridgehead atoms. The van der Waals surface area contributed by atoms with Crippen molar-refractivity contribution in [1.29, 1.82) is 0 Å². The van der Waals surface area contributed by atoms with E-state index in [0.717, 1.165) is 0 Å². The van der Waals surface area contributed by atoms with E-state index in [9.17, 15) is 0 Å². The molecular formula is C19H14I2. The molecule has 3 rings (SSSR count). The van der Waals surface area contributed by atoms with Gasteiger partial charge in [0.25, 0.3) is 0 Å². The fourth-order valence-electron chi connectivity index (χ4n) is 2.52. The van der Waals surface area contributed by atoms with Crippen LogP contribution >= 0.6 is 45.2 Å². The largest absolute Gasteiger partial charge is 0.0610 e. The Labute approximate surface area is 152 Å². The van der Waals surface area contributed by atoms with Crippen LogP contribution in [0.25, 0.3) is 22.3 Å². The van der Waals surface area contributed by atoms with Crippen LogP contribution in [0.2, 0.25) is 0 Å². The fourth-order valence-corrected chi connectivity index (χ4v) is 3.24. The zero-order valence-electron chi connectivity index (χ0n) is 11.6. The van der Waals surface area contributed by atoms with Crippen LogP contribution in [0.1, 0.15) is 5.56 Å². The Hall–Kier alpha value is -0.880. The molecular weight excluding hydrogens is 482 g/mol. The van der Waals surface area contributed by atoms with E-state index >= 15 is 0 Å². The highest BCUT2D eigenvalue weighted by Gasteiger charge is 2.07. The minimum absolute atomic E-state index is 1.27. The second-order valence-corrected chi connectivity index (χ2v) is 7.48. The first kappa shape index (κ1) is 15.0. The highest BCUT2D eigenvalue weighted by atomic mass is 127. The van der Waals surface area contributed by atoms with Crippen LogP contribution in [0, 0.1) is 14.1 Å². The van der Waals surface area contributed by atoms with Crippen molar-refractivity contribution in [2.24, 2.45) is 0 Å². The van der Waals surface area contributed by atoms with E-state index in [2.05, 4.69) is 119 Å². The quantitative estimate of drug-likeness (QED) is 0.354. The fraction of sp³-hybridized carbons (Fsp3) is 0.0526. The molecule has 0 unspecified atom stereocenters. The predicted molar refractivity (Wildman–Crippen MR) is 107 cm³/mol. The van der Waals surface area contributed by atoms with E-state index < -0.39 is 0 Å². The zero-order valence-corrected chi connectivity index (χ0v) is 15.9. The van der Waals surface area contributed by atoms with Crippen LogP contribution in [0.4, 0.5) is 0 Å². The molecule has 0 aliphatic rings. The minimum atomic E-state index is 1.27. The third-order valence-corrected chi connectivity index (χ3v) is 5.08. The molecule has 0 radical (unpaired) electrons. The van der Waals surface area contributed by atoms with Gasteiger partial charge in [-0.1, -0.05) is 42.5 Å².